The van der Waals surface area contributed by atoms with Crippen LogP contribution in [0.25, 0.3) is 0 Å². The van der Waals surface area contributed by atoms with E-state index < -0.39 is 28.7 Å². The summed E-state index contributed by atoms with van der Waals surface area (Å²) in [6.07, 6.45) is -1.20. The quantitative estimate of drug-likeness (QED) is 0.311. The number of aryl methyl sites for hydroxylation is 1. The van der Waals surface area contributed by atoms with Gasteiger partial charge in [-0.05, 0) is 32.4 Å². The molecule has 0 fully saturated rings. The third-order valence-electron chi connectivity index (χ3n) is 4.43. The highest BCUT2D eigenvalue weighted by Crippen LogP contribution is 2.24. The molecule has 0 saturated carbocycles. The molecule has 2 N–H and O–H groups in total. The number of Topliss-reactive ketones (excluding diaryl/α,β-unsaturated/α-hetero) is 1. The summed E-state index contributed by atoms with van der Waals surface area (Å²) in [5.41, 5.74) is 1.16. The number of non-ortho nitro benzene ring substituents is 1. The van der Waals surface area contributed by atoms with Crippen LogP contribution in [0.3, 0.4) is 0 Å². The standard InChI is InChI=1S/C19H21N3O7/c1-9-15(19(25)28-5)10(2)21-16(9)17(23)11(3)29-18(24)13-8-12(22(26)27)6-7-14(13)20-4/h6-8,11,20-21H,1-5H3/t11-/m1/s1. The number of nitro benzene ring substituents is 1. The maximum absolute atomic E-state index is 12.8. The Labute approximate surface area is 166 Å². The summed E-state index contributed by atoms with van der Waals surface area (Å²) in [4.78, 5) is 50.3. The van der Waals surface area contributed by atoms with E-state index in [0.717, 1.165) is 6.07 Å². The van der Waals surface area contributed by atoms with Gasteiger partial charge in [-0.3, -0.25) is 14.9 Å². The lowest BCUT2D eigenvalue weighted by molar-refractivity contribution is -0.384. The number of hydrogen-bond donors (Lipinski definition) is 2. The van der Waals surface area contributed by atoms with E-state index in [4.69, 9.17) is 9.47 Å². The molecule has 10 heteroatoms. The zero-order valence-corrected chi connectivity index (χ0v) is 16.6. The van der Waals surface area contributed by atoms with Crippen LogP contribution in [0.4, 0.5) is 11.4 Å². The SMILES string of the molecule is CNc1ccc([N+](=O)[O-])cc1C(=O)O[C@H](C)C(=O)c1[nH]c(C)c(C(=O)OC)c1C. The number of ether oxygens (including phenoxy) is 2. The number of nitrogens with one attached hydrogen (secondary N) is 2. The Balaban J connectivity index is 2.29. The van der Waals surface area contributed by atoms with Crippen LogP contribution in [-0.2, 0) is 9.47 Å². The maximum Gasteiger partial charge on any atom is 0.341 e. The van der Waals surface area contributed by atoms with Crippen LogP contribution in [0.2, 0.25) is 0 Å². The van der Waals surface area contributed by atoms with E-state index in [0.29, 0.717) is 16.9 Å². The number of H-pyrrole nitrogens is 1. The molecule has 0 aliphatic carbocycles. The molecule has 1 atom stereocenters. The van der Waals surface area contributed by atoms with Crippen molar-refractivity contribution in [2.24, 2.45) is 0 Å². The van der Waals surface area contributed by atoms with Gasteiger partial charge in [0.25, 0.3) is 5.69 Å². The summed E-state index contributed by atoms with van der Waals surface area (Å²) in [5.74, 6) is -2.03. The van der Waals surface area contributed by atoms with Crippen LogP contribution in [-0.4, -0.2) is 47.9 Å². The summed E-state index contributed by atoms with van der Waals surface area (Å²) in [6.45, 7) is 4.58. The first kappa shape index (κ1) is 21.6. The number of nitrogens with zero attached hydrogens (tertiary/aromatic N) is 1. The minimum atomic E-state index is -1.20. The van der Waals surface area contributed by atoms with Gasteiger partial charge in [-0.25, -0.2) is 9.59 Å². The Bertz CT molecular complexity index is 994. The molecule has 0 amide bonds. The lowest BCUT2D eigenvalue weighted by Gasteiger charge is -2.14. The van der Waals surface area contributed by atoms with Gasteiger partial charge in [0.2, 0.25) is 5.78 Å². The van der Waals surface area contributed by atoms with Crippen LogP contribution >= 0.6 is 0 Å². The van der Waals surface area contributed by atoms with Crippen LogP contribution < -0.4 is 5.32 Å². The fraction of sp³-hybridized carbons (Fsp3) is 0.316. The van der Waals surface area contributed by atoms with Crippen LogP contribution in [0.15, 0.2) is 18.2 Å². The van der Waals surface area contributed by atoms with Crippen LogP contribution in [0, 0.1) is 24.0 Å². The molecule has 1 heterocycles. The highest BCUT2D eigenvalue weighted by Gasteiger charge is 2.28. The Kier molecular flexibility index (Phi) is 6.37. The highest BCUT2D eigenvalue weighted by molar-refractivity contribution is 6.05. The first-order valence-corrected chi connectivity index (χ1v) is 8.61. The van der Waals surface area contributed by atoms with Gasteiger partial charge >= 0.3 is 11.9 Å². The van der Waals surface area contributed by atoms with Crippen LogP contribution in [0.5, 0.6) is 0 Å². The molecule has 29 heavy (non-hydrogen) atoms. The lowest BCUT2D eigenvalue weighted by Crippen LogP contribution is -2.25. The van der Waals surface area contributed by atoms with E-state index in [-0.39, 0.29) is 22.5 Å². The normalized spacial score (nSPS) is 11.5. The highest BCUT2D eigenvalue weighted by atomic mass is 16.6. The first-order chi connectivity index (χ1) is 13.6. The van der Waals surface area contributed by atoms with Gasteiger partial charge in [-0.15, -0.1) is 0 Å². The predicted octanol–water partition coefficient (Wildman–Crippen LogP) is 2.80. The topological polar surface area (TPSA) is 141 Å². The number of nitro groups is 1. The molecule has 1 aromatic carbocycles. The number of carbonyl (C=O) groups is 3. The number of aromatic nitrogens is 1. The number of anilines is 1. The lowest BCUT2D eigenvalue weighted by atomic mass is 10.1. The fourth-order valence-electron chi connectivity index (χ4n) is 2.92. The third kappa shape index (κ3) is 4.26. The van der Waals surface area contributed by atoms with Crippen molar-refractivity contribution in [3.8, 4) is 0 Å². The number of esters is 2. The molecule has 0 aliphatic rings. The molecule has 2 rings (SSSR count). The van der Waals surface area contributed by atoms with Crippen molar-refractivity contribution >= 4 is 29.1 Å². The Morgan fingerprint density at radius 2 is 1.86 bits per heavy atom. The molecule has 0 unspecified atom stereocenters. The summed E-state index contributed by atoms with van der Waals surface area (Å²) in [6, 6.07) is 3.70. The minimum Gasteiger partial charge on any atom is -0.465 e. The summed E-state index contributed by atoms with van der Waals surface area (Å²) in [7, 11) is 2.78. The van der Waals surface area contributed by atoms with Gasteiger partial charge in [-0.2, -0.15) is 0 Å². The number of methoxy groups -OCH3 is 1. The summed E-state index contributed by atoms with van der Waals surface area (Å²) < 4.78 is 9.95. The number of hydrogen-bond acceptors (Lipinski definition) is 8. The van der Waals surface area contributed by atoms with Crippen molar-refractivity contribution in [1.29, 1.82) is 0 Å². The molecule has 0 saturated heterocycles. The van der Waals surface area contributed by atoms with Crippen molar-refractivity contribution in [1.82, 2.24) is 4.98 Å². The number of benzene rings is 1. The Morgan fingerprint density at radius 1 is 1.21 bits per heavy atom. The molecule has 0 bridgehead atoms. The fourth-order valence-corrected chi connectivity index (χ4v) is 2.92. The van der Waals surface area contributed by atoms with Crippen LogP contribution in [0.1, 0.15) is 49.4 Å². The maximum atomic E-state index is 12.8. The molecule has 0 aliphatic heterocycles. The van der Waals surface area contributed by atoms with Crippen molar-refractivity contribution < 1.29 is 28.8 Å². The summed E-state index contributed by atoms with van der Waals surface area (Å²) in [5, 5.41) is 13.7. The minimum absolute atomic E-state index is 0.0732. The van der Waals surface area contributed by atoms with Crippen molar-refractivity contribution in [3.05, 3.63) is 56.4 Å². The smallest absolute Gasteiger partial charge is 0.341 e. The van der Waals surface area contributed by atoms with Crippen molar-refractivity contribution in [2.45, 2.75) is 26.9 Å². The van der Waals surface area contributed by atoms with Gasteiger partial charge in [0.05, 0.1) is 28.9 Å². The zero-order valence-electron chi connectivity index (χ0n) is 16.6. The monoisotopic (exact) mass is 403 g/mol. The second kappa shape index (κ2) is 8.55. The number of rotatable bonds is 7. The Hall–Kier alpha value is -3.69. The van der Waals surface area contributed by atoms with E-state index >= 15 is 0 Å². The van der Waals surface area contributed by atoms with E-state index in [1.54, 1.807) is 20.9 Å². The van der Waals surface area contributed by atoms with E-state index in [9.17, 15) is 24.5 Å². The van der Waals surface area contributed by atoms with Gasteiger partial charge < -0.3 is 19.8 Å². The zero-order chi connectivity index (χ0) is 21.9. The molecule has 10 nitrogen and oxygen atoms in total. The third-order valence-corrected chi connectivity index (χ3v) is 4.43. The second-order valence-electron chi connectivity index (χ2n) is 6.27. The molecular weight excluding hydrogens is 382 g/mol. The average Bonchev–Trinajstić information content (AvgIpc) is 2.99. The second-order valence-corrected chi connectivity index (χ2v) is 6.27. The largest absolute Gasteiger partial charge is 0.465 e. The molecule has 0 spiro atoms. The molecule has 2 aromatic rings. The number of ketones is 1. The number of carbonyl (C=O) groups excluding carboxylic acids is 3. The molecule has 154 valence electrons. The van der Waals surface area contributed by atoms with Crippen molar-refractivity contribution in [3.63, 3.8) is 0 Å². The van der Waals surface area contributed by atoms with Gasteiger partial charge in [0.1, 0.15) is 0 Å². The van der Waals surface area contributed by atoms with E-state index in [1.165, 1.54) is 26.2 Å². The number of aromatic amines is 1. The average molecular weight is 403 g/mol. The Morgan fingerprint density at radius 3 is 2.41 bits per heavy atom. The van der Waals surface area contributed by atoms with E-state index in [2.05, 4.69) is 10.3 Å². The van der Waals surface area contributed by atoms with Gasteiger partial charge in [0, 0.05) is 30.6 Å². The van der Waals surface area contributed by atoms with Crippen molar-refractivity contribution in [2.75, 3.05) is 19.5 Å². The van der Waals surface area contributed by atoms with Gasteiger partial charge in [-0.1, -0.05) is 0 Å². The first-order valence-electron chi connectivity index (χ1n) is 8.61. The van der Waals surface area contributed by atoms with E-state index in [1.807, 2.05) is 0 Å². The summed E-state index contributed by atoms with van der Waals surface area (Å²) >= 11 is 0. The predicted molar refractivity (Wildman–Crippen MR) is 103 cm³/mol. The molecule has 1 aromatic heterocycles. The molecule has 0 radical (unpaired) electrons. The van der Waals surface area contributed by atoms with Gasteiger partial charge in [0.15, 0.2) is 6.10 Å². The molecular formula is C19H21N3O7.